The average Bonchev–Trinajstić information content (AvgIpc) is 2.47. The van der Waals surface area contributed by atoms with Gasteiger partial charge in [-0.05, 0) is 56.2 Å². The van der Waals surface area contributed by atoms with E-state index in [1.165, 1.54) is 31.4 Å². The standard InChI is InChI=1S/C18H31N3/c1-5-11-19-14-15-13-17(8-12-20-15)21(4)16-6-9-18(2,3)10-7-16/h8,12-13,16,19H,5-7,9-11,14H2,1-4H3. The summed E-state index contributed by atoms with van der Waals surface area (Å²) in [5.74, 6) is 0. The van der Waals surface area contributed by atoms with Gasteiger partial charge in [-0.1, -0.05) is 20.8 Å². The predicted molar refractivity (Wildman–Crippen MR) is 90.7 cm³/mol. The van der Waals surface area contributed by atoms with Crippen molar-refractivity contribution in [3.8, 4) is 0 Å². The molecule has 1 aromatic rings. The zero-order valence-corrected chi connectivity index (χ0v) is 14.2. The summed E-state index contributed by atoms with van der Waals surface area (Å²) in [4.78, 5) is 6.93. The van der Waals surface area contributed by atoms with E-state index in [9.17, 15) is 0 Å². The first-order valence-corrected chi connectivity index (χ1v) is 8.40. The van der Waals surface area contributed by atoms with Crippen molar-refractivity contribution in [3.63, 3.8) is 0 Å². The molecule has 1 N–H and O–H groups in total. The van der Waals surface area contributed by atoms with Crippen LogP contribution in [0.15, 0.2) is 18.3 Å². The van der Waals surface area contributed by atoms with E-state index in [1.807, 2.05) is 6.20 Å². The molecule has 1 aliphatic carbocycles. The van der Waals surface area contributed by atoms with Gasteiger partial charge in [-0.15, -0.1) is 0 Å². The van der Waals surface area contributed by atoms with Crippen molar-refractivity contribution < 1.29 is 0 Å². The highest BCUT2D eigenvalue weighted by atomic mass is 15.1. The molecule has 0 bridgehead atoms. The number of aromatic nitrogens is 1. The Labute approximate surface area is 130 Å². The molecule has 1 fully saturated rings. The van der Waals surface area contributed by atoms with Crippen molar-refractivity contribution in [3.05, 3.63) is 24.0 Å². The molecule has 3 heteroatoms. The zero-order valence-electron chi connectivity index (χ0n) is 14.2. The van der Waals surface area contributed by atoms with Gasteiger partial charge in [0, 0.05) is 31.5 Å². The minimum absolute atomic E-state index is 0.533. The van der Waals surface area contributed by atoms with Crippen molar-refractivity contribution >= 4 is 5.69 Å². The van der Waals surface area contributed by atoms with Crippen LogP contribution in [0.5, 0.6) is 0 Å². The van der Waals surface area contributed by atoms with E-state index in [0.717, 1.165) is 25.2 Å². The van der Waals surface area contributed by atoms with E-state index in [4.69, 9.17) is 0 Å². The van der Waals surface area contributed by atoms with Crippen LogP contribution in [0.1, 0.15) is 58.6 Å². The summed E-state index contributed by atoms with van der Waals surface area (Å²) in [7, 11) is 2.24. The SMILES string of the molecule is CCCNCc1cc(N(C)C2CCC(C)(C)CC2)ccn1. The fourth-order valence-electron chi connectivity index (χ4n) is 3.16. The normalized spacial score (nSPS) is 18.7. The lowest BCUT2D eigenvalue weighted by Crippen LogP contribution is -2.37. The van der Waals surface area contributed by atoms with Gasteiger partial charge in [0.25, 0.3) is 0 Å². The second-order valence-corrected chi connectivity index (χ2v) is 7.19. The van der Waals surface area contributed by atoms with Crippen LogP contribution in [0.4, 0.5) is 5.69 Å². The van der Waals surface area contributed by atoms with E-state index in [1.54, 1.807) is 0 Å². The molecule has 0 aromatic carbocycles. The molecule has 0 unspecified atom stereocenters. The molecule has 0 radical (unpaired) electrons. The van der Waals surface area contributed by atoms with Crippen LogP contribution >= 0.6 is 0 Å². The van der Waals surface area contributed by atoms with Gasteiger partial charge in [-0.2, -0.15) is 0 Å². The molecule has 0 saturated heterocycles. The first-order chi connectivity index (χ1) is 10.0. The van der Waals surface area contributed by atoms with Crippen LogP contribution in [-0.2, 0) is 6.54 Å². The second-order valence-electron chi connectivity index (χ2n) is 7.19. The van der Waals surface area contributed by atoms with Crippen molar-refractivity contribution in [1.82, 2.24) is 10.3 Å². The summed E-state index contributed by atoms with van der Waals surface area (Å²) >= 11 is 0. The highest BCUT2D eigenvalue weighted by Crippen LogP contribution is 2.37. The van der Waals surface area contributed by atoms with Crippen molar-refractivity contribution in [2.24, 2.45) is 5.41 Å². The summed E-state index contributed by atoms with van der Waals surface area (Å²) in [6.07, 6.45) is 8.37. The third-order valence-corrected chi connectivity index (χ3v) is 4.80. The number of pyridine rings is 1. The first kappa shape index (κ1) is 16.3. The molecule has 0 spiro atoms. The van der Waals surface area contributed by atoms with Gasteiger partial charge in [-0.3, -0.25) is 4.98 Å². The third kappa shape index (κ3) is 4.70. The Hall–Kier alpha value is -1.09. The minimum Gasteiger partial charge on any atom is -0.372 e. The molecule has 118 valence electrons. The number of rotatable bonds is 6. The molecule has 2 rings (SSSR count). The molecule has 1 saturated carbocycles. The molecule has 1 aliphatic rings. The Balaban J connectivity index is 1.96. The third-order valence-electron chi connectivity index (χ3n) is 4.80. The summed E-state index contributed by atoms with van der Waals surface area (Å²) in [6, 6.07) is 5.06. The maximum Gasteiger partial charge on any atom is 0.0562 e. The van der Waals surface area contributed by atoms with Crippen molar-refractivity contribution in [1.29, 1.82) is 0 Å². The van der Waals surface area contributed by atoms with Crippen molar-refractivity contribution in [2.75, 3.05) is 18.5 Å². The molecular weight excluding hydrogens is 258 g/mol. The predicted octanol–water partition coefficient (Wildman–Crippen LogP) is 3.99. The molecule has 1 heterocycles. The Morgan fingerprint density at radius 1 is 1.33 bits per heavy atom. The van der Waals surface area contributed by atoms with Gasteiger partial charge in [0.05, 0.1) is 5.69 Å². The van der Waals surface area contributed by atoms with E-state index >= 15 is 0 Å². The molecule has 1 aromatic heterocycles. The fraction of sp³-hybridized carbons (Fsp3) is 0.722. The zero-order chi connectivity index (χ0) is 15.3. The van der Waals surface area contributed by atoms with E-state index < -0.39 is 0 Å². The van der Waals surface area contributed by atoms with E-state index in [-0.39, 0.29) is 0 Å². The fourth-order valence-corrected chi connectivity index (χ4v) is 3.16. The van der Waals surface area contributed by atoms with Crippen LogP contribution in [-0.4, -0.2) is 24.6 Å². The van der Waals surface area contributed by atoms with E-state index in [2.05, 4.69) is 55.2 Å². The Kier molecular flexibility index (Phi) is 5.63. The summed E-state index contributed by atoms with van der Waals surface area (Å²) in [5.41, 5.74) is 2.98. The van der Waals surface area contributed by atoms with Gasteiger partial charge in [0.1, 0.15) is 0 Å². The highest BCUT2D eigenvalue weighted by Gasteiger charge is 2.28. The van der Waals surface area contributed by atoms with Gasteiger partial charge < -0.3 is 10.2 Å². The first-order valence-electron chi connectivity index (χ1n) is 8.40. The molecular formula is C18H31N3. The second kappa shape index (κ2) is 7.26. The van der Waals surface area contributed by atoms with Gasteiger partial charge in [0.2, 0.25) is 0 Å². The van der Waals surface area contributed by atoms with Crippen LogP contribution in [0, 0.1) is 5.41 Å². The summed E-state index contributed by atoms with van der Waals surface area (Å²) < 4.78 is 0. The number of hydrogen-bond acceptors (Lipinski definition) is 3. The largest absolute Gasteiger partial charge is 0.372 e. The van der Waals surface area contributed by atoms with Gasteiger partial charge in [-0.25, -0.2) is 0 Å². The van der Waals surface area contributed by atoms with Crippen LogP contribution in [0.25, 0.3) is 0 Å². The Morgan fingerprint density at radius 2 is 2.05 bits per heavy atom. The molecule has 0 aliphatic heterocycles. The van der Waals surface area contributed by atoms with Gasteiger partial charge in [0.15, 0.2) is 0 Å². The Bertz CT molecular complexity index is 432. The Morgan fingerprint density at radius 3 is 2.71 bits per heavy atom. The monoisotopic (exact) mass is 289 g/mol. The number of nitrogens with zero attached hydrogens (tertiary/aromatic N) is 2. The lowest BCUT2D eigenvalue weighted by molar-refractivity contribution is 0.222. The number of hydrogen-bond donors (Lipinski definition) is 1. The van der Waals surface area contributed by atoms with Crippen LogP contribution in [0.2, 0.25) is 0 Å². The molecule has 3 nitrogen and oxygen atoms in total. The van der Waals surface area contributed by atoms with Crippen LogP contribution < -0.4 is 10.2 Å². The summed E-state index contributed by atoms with van der Waals surface area (Å²) in [6.45, 7) is 8.90. The highest BCUT2D eigenvalue weighted by molar-refractivity contribution is 5.46. The number of nitrogens with one attached hydrogen (secondary N) is 1. The van der Waals surface area contributed by atoms with Crippen molar-refractivity contribution in [2.45, 2.75) is 65.5 Å². The lowest BCUT2D eigenvalue weighted by atomic mass is 9.75. The maximum atomic E-state index is 4.47. The van der Waals surface area contributed by atoms with Crippen LogP contribution in [0.3, 0.4) is 0 Å². The minimum atomic E-state index is 0.533. The summed E-state index contributed by atoms with van der Waals surface area (Å²) in [5, 5.41) is 3.43. The topological polar surface area (TPSA) is 28.2 Å². The lowest BCUT2D eigenvalue weighted by Gasteiger charge is -2.39. The molecule has 0 amide bonds. The smallest absolute Gasteiger partial charge is 0.0562 e. The van der Waals surface area contributed by atoms with E-state index in [0.29, 0.717) is 11.5 Å². The number of anilines is 1. The molecule has 21 heavy (non-hydrogen) atoms. The maximum absolute atomic E-state index is 4.47. The molecule has 0 atom stereocenters. The van der Waals surface area contributed by atoms with Gasteiger partial charge >= 0.3 is 0 Å². The average molecular weight is 289 g/mol. The quantitative estimate of drug-likeness (QED) is 0.803.